The Hall–Kier alpha value is -3.54. The molecule has 0 aliphatic carbocycles. The van der Waals surface area contributed by atoms with Crippen molar-refractivity contribution in [3.63, 3.8) is 0 Å². The molecule has 47 heavy (non-hydrogen) atoms. The van der Waals surface area contributed by atoms with Crippen LogP contribution in [0.2, 0.25) is 0 Å². The number of aromatic hydroxyl groups is 1. The molecule has 1 aliphatic rings. The molecule has 0 bridgehead atoms. The molecule has 3 heterocycles. The molecule has 3 aromatic rings. The van der Waals surface area contributed by atoms with E-state index in [1.54, 1.807) is 17.5 Å². The minimum absolute atomic E-state index is 0.0986. The number of unbranched alkanes of at least 4 members (excludes halogenated alkanes) is 1. The fourth-order valence-corrected chi connectivity index (χ4v) is 5.83. The molecule has 1 aliphatic heterocycles. The highest BCUT2D eigenvalue weighted by Gasteiger charge is 2.38. The van der Waals surface area contributed by atoms with Crippen LogP contribution < -0.4 is 4.90 Å². The summed E-state index contributed by atoms with van der Waals surface area (Å²) in [6, 6.07) is 5.85. The van der Waals surface area contributed by atoms with E-state index >= 15 is 0 Å². The maximum absolute atomic E-state index is 13.5. The highest BCUT2D eigenvalue weighted by molar-refractivity contribution is 5.80. The molecule has 1 fully saturated rings. The molecule has 10 nitrogen and oxygen atoms in total. The zero-order valence-electron chi connectivity index (χ0n) is 28.9. The van der Waals surface area contributed by atoms with Crippen LogP contribution in [0, 0.1) is 12.7 Å². The summed E-state index contributed by atoms with van der Waals surface area (Å²) < 4.78 is 33.5. The van der Waals surface area contributed by atoms with E-state index in [4.69, 9.17) is 24.3 Å². The van der Waals surface area contributed by atoms with Crippen LogP contribution in [0.3, 0.4) is 0 Å². The van der Waals surface area contributed by atoms with Gasteiger partial charge in [-0.15, -0.1) is 0 Å². The Kier molecular flexibility index (Phi) is 12.0. The second-order valence-corrected chi connectivity index (χ2v) is 13.6. The number of benzene rings is 1. The molecule has 2 N–H and O–H groups in total. The Morgan fingerprint density at radius 2 is 1.91 bits per heavy atom. The number of esters is 1. The van der Waals surface area contributed by atoms with Gasteiger partial charge < -0.3 is 29.3 Å². The topological polar surface area (TPSA) is 119 Å². The second-order valence-electron chi connectivity index (χ2n) is 13.6. The number of carbonyl (C=O) groups is 1. The number of hydrogen-bond donors (Lipinski definition) is 2. The van der Waals surface area contributed by atoms with Gasteiger partial charge in [0.15, 0.2) is 11.8 Å². The van der Waals surface area contributed by atoms with Crippen molar-refractivity contribution in [2.45, 2.75) is 110 Å². The first-order valence-corrected chi connectivity index (χ1v) is 16.7. The quantitative estimate of drug-likeness (QED) is 0.149. The summed E-state index contributed by atoms with van der Waals surface area (Å²) in [5.41, 5.74) is 2.17. The number of fused-ring (bicyclic) bond motifs is 1. The van der Waals surface area contributed by atoms with Gasteiger partial charge in [0.2, 0.25) is 0 Å². The number of hydrogen-bond acceptors (Lipinski definition) is 9. The molecule has 0 saturated carbocycles. The highest BCUT2D eigenvalue weighted by Crippen LogP contribution is 2.38. The summed E-state index contributed by atoms with van der Waals surface area (Å²) in [5, 5.41) is 24.6. The number of allylic oxidation sites excluding steroid dienone is 1. The molecule has 0 unspecified atom stereocenters. The van der Waals surface area contributed by atoms with Crippen molar-refractivity contribution in [2.75, 3.05) is 31.2 Å². The maximum atomic E-state index is 13.5. The van der Waals surface area contributed by atoms with E-state index in [1.165, 1.54) is 6.07 Å². The molecule has 1 aromatic carbocycles. The summed E-state index contributed by atoms with van der Waals surface area (Å²) in [5.74, 6) is -0.348. The van der Waals surface area contributed by atoms with Gasteiger partial charge in [-0.1, -0.05) is 12.1 Å². The molecular formula is C36H51FN4O6. The molecule has 0 amide bonds. The van der Waals surface area contributed by atoms with E-state index in [2.05, 4.69) is 11.8 Å². The standard InChI is InChI=1S/C36H51FN4O6/c1-8-45-34(44)32(47-35(4,5)6)31-25(3)38-30-23-28(14-11-13-26-15-16-27(37)22-29(26)43)39-41(30)33(31)40-19-17-36(7,18-20-40)46-21-10-9-12-24(2)42/h11,14-16,22-24,32,42-43H,8-10,12-13,17-21H2,1-7H3/t24-,32+/m1/s1. The lowest BCUT2D eigenvalue weighted by Crippen LogP contribution is -2.46. The van der Waals surface area contributed by atoms with Crippen LogP contribution in [0.15, 0.2) is 30.3 Å². The molecule has 0 radical (unpaired) electrons. The maximum Gasteiger partial charge on any atom is 0.340 e. The molecule has 258 valence electrons. The monoisotopic (exact) mass is 654 g/mol. The predicted molar refractivity (Wildman–Crippen MR) is 180 cm³/mol. The average molecular weight is 655 g/mol. The van der Waals surface area contributed by atoms with E-state index < -0.39 is 23.5 Å². The average Bonchev–Trinajstić information content (AvgIpc) is 3.38. The number of rotatable bonds is 14. The van der Waals surface area contributed by atoms with Crippen LogP contribution in [0.4, 0.5) is 10.2 Å². The summed E-state index contributed by atoms with van der Waals surface area (Å²) in [6.07, 6.45) is 6.88. The van der Waals surface area contributed by atoms with Gasteiger partial charge in [0.25, 0.3) is 0 Å². The number of aliphatic hydroxyl groups excluding tert-OH is 1. The molecular weight excluding hydrogens is 603 g/mol. The van der Waals surface area contributed by atoms with Gasteiger partial charge >= 0.3 is 5.97 Å². The summed E-state index contributed by atoms with van der Waals surface area (Å²) in [7, 11) is 0. The van der Waals surface area contributed by atoms with Gasteiger partial charge in [-0.05, 0) is 105 Å². The van der Waals surface area contributed by atoms with E-state index in [1.807, 2.05) is 52.8 Å². The Morgan fingerprint density at radius 3 is 2.55 bits per heavy atom. The Morgan fingerprint density at radius 1 is 1.19 bits per heavy atom. The summed E-state index contributed by atoms with van der Waals surface area (Å²) >= 11 is 0. The molecule has 2 atom stereocenters. The summed E-state index contributed by atoms with van der Waals surface area (Å²) in [4.78, 5) is 20.6. The second kappa shape index (κ2) is 15.6. The lowest BCUT2D eigenvalue weighted by atomic mass is 9.92. The van der Waals surface area contributed by atoms with Crippen LogP contribution in [-0.4, -0.2) is 74.4 Å². The van der Waals surface area contributed by atoms with Gasteiger partial charge in [-0.3, -0.25) is 0 Å². The molecule has 4 rings (SSSR count). The van der Waals surface area contributed by atoms with E-state index in [9.17, 15) is 19.4 Å². The number of nitrogens with zero attached hydrogens (tertiary/aromatic N) is 4. The number of piperidine rings is 1. The van der Waals surface area contributed by atoms with Gasteiger partial charge in [-0.25, -0.2) is 14.2 Å². The third-order valence-corrected chi connectivity index (χ3v) is 8.32. The number of anilines is 1. The highest BCUT2D eigenvalue weighted by atomic mass is 19.1. The van der Waals surface area contributed by atoms with Gasteiger partial charge in [0, 0.05) is 37.5 Å². The van der Waals surface area contributed by atoms with Crippen molar-refractivity contribution >= 4 is 23.5 Å². The molecule has 1 saturated heterocycles. The fourth-order valence-electron chi connectivity index (χ4n) is 5.83. The van der Waals surface area contributed by atoms with Crippen molar-refractivity contribution in [1.82, 2.24) is 14.6 Å². The SMILES string of the molecule is CCOC(=O)[C@@H](OC(C)(C)C)c1c(C)nc2cc(C=CCc3ccc(F)cc3O)nn2c1N1CCC(C)(OCCCC[C@@H](C)O)CC1. The van der Waals surface area contributed by atoms with Crippen LogP contribution >= 0.6 is 0 Å². The lowest BCUT2D eigenvalue weighted by Gasteiger charge is -2.41. The normalized spacial score (nSPS) is 16.6. The molecule has 2 aromatic heterocycles. The zero-order valence-corrected chi connectivity index (χ0v) is 28.9. The largest absolute Gasteiger partial charge is 0.508 e. The number of aliphatic hydroxyl groups is 1. The zero-order chi connectivity index (χ0) is 34.4. The smallest absolute Gasteiger partial charge is 0.340 e. The van der Waals surface area contributed by atoms with Gasteiger partial charge in [0.05, 0.1) is 35.2 Å². The third kappa shape index (κ3) is 9.74. The Balaban J connectivity index is 1.69. The number of phenolic OH excluding ortho intramolecular Hbond substituents is 1. The number of phenols is 1. The Bertz CT molecular complexity index is 1540. The van der Waals surface area contributed by atoms with Crippen molar-refractivity contribution in [2.24, 2.45) is 0 Å². The lowest BCUT2D eigenvalue weighted by molar-refractivity contribution is -0.166. The van der Waals surface area contributed by atoms with Crippen LogP contribution in [0.1, 0.15) is 102 Å². The van der Waals surface area contributed by atoms with Gasteiger partial charge in [0.1, 0.15) is 17.4 Å². The van der Waals surface area contributed by atoms with Crippen molar-refractivity contribution in [3.8, 4) is 5.75 Å². The third-order valence-electron chi connectivity index (χ3n) is 8.32. The number of carbonyl (C=O) groups excluding carboxylic acids is 1. The first-order chi connectivity index (χ1) is 22.2. The van der Waals surface area contributed by atoms with Crippen LogP contribution in [0.5, 0.6) is 5.75 Å². The number of aromatic nitrogens is 3. The van der Waals surface area contributed by atoms with Crippen molar-refractivity contribution in [1.29, 1.82) is 0 Å². The number of aryl methyl sites for hydroxylation is 1. The number of halogens is 1. The first kappa shape index (κ1) is 36.3. The Labute approximate surface area is 277 Å². The summed E-state index contributed by atoms with van der Waals surface area (Å²) in [6.45, 7) is 15.5. The van der Waals surface area contributed by atoms with Gasteiger partial charge in [-0.2, -0.15) is 9.61 Å². The molecule has 0 spiro atoms. The first-order valence-electron chi connectivity index (χ1n) is 16.7. The van der Waals surface area contributed by atoms with E-state index in [0.29, 0.717) is 54.3 Å². The van der Waals surface area contributed by atoms with Crippen LogP contribution in [-0.2, 0) is 25.4 Å². The number of ether oxygens (including phenoxy) is 3. The van der Waals surface area contributed by atoms with E-state index in [0.717, 1.165) is 44.0 Å². The minimum atomic E-state index is -1.02. The minimum Gasteiger partial charge on any atom is -0.508 e. The van der Waals surface area contributed by atoms with Crippen LogP contribution in [0.25, 0.3) is 11.7 Å². The van der Waals surface area contributed by atoms with E-state index in [-0.39, 0.29) is 24.1 Å². The van der Waals surface area contributed by atoms with Crippen molar-refractivity contribution < 1.29 is 33.6 Å². The molecule has 11 heteroatoms. The predicted octanol–water partition coefficient (Wildman–Crippen LogP) is 6.48. The fraction of sp³-hybridized carbons (Fsp3) is 0.583. The van der Waals surface area contributed by atoms with Crippen molar-refractivity contribution in [3.05, 3.63) is 58.7 Å².